The lowest BCUT2D eigenvalue weighted by Gasteiger charge is -2.11. The van der Waals surface area contributed by atoms with Crippen LogP contribution in [0, 0.1) is 6.92 Å². The molecule has 0 radical (unpaired) electrons. The van der Waals surface area contributed by atoms with E-state index in [1.165, 1.54) is 18.2 Å². The first kappa shape index (κ1) is 14.9. The Labute approximate surface area is 126 Å². The van der Waals surface area contributed by atoms with Crippen molar-refractivity contribution in [2.75, 3.05) is 10.6 Å². The number of hydrogen-bond donors (Lipinski definition) is 3. The second kappa shape index (κ2) is 6.28. The van der Waals surface area contributed by atoms with Gasteiger partial charge in [-0.3, -0.25) is 0 Å². The summed E-state index contributed by atoms with van der Waals surface area (Å²) in [5.41, 5.74) is 2.02. The molecule has 0 bridgehead atoms. The SMILES string of the molecule is Cc1ccccc1NC(=O)Nc1ccc(C(=O)O)cc1Cl. The fraction of sp³-hybridized carbons (Fsp3) is 0.0667. The Hall–Kier alpha value is -2.53. The molecule has 0 atom stereocenters. The van der Waals surface area contributed by atoms with Crippen LogP contribution in [-0.2, 0) is 0 Å². The Morgan fingerprint density at radius 3 is 2.33 bits per heavy atom. The molecule has 0 aliphatic rings. The maximum Gasteiger partial charge on any atom is 0.335 e. The van der Waals surface area contributed by atoms with E-state index in [9.17, 15) is 9.59 Å². The predicted octanol–water partition coefficient (Wildman–Crippen LogP) is 3.99. The maximum atomic E-state index is 11.9. The molecule has 0 fully saturated rings. The third-order valence-electron chi connectivity index (χ3n) is 2.86. The van der Waals surface area contributed by atoms with Gasteiger partial charge >= 0.3 is 12.0 Å². The fourth-order valence-corrected chi connectivity index (χ4v) is 1.97. The van der Waals surface area contributed by atoms with E-state index < -0.39 is 12.0 Å². The van der Waals surface area contributed by atoms with Crippen molar-refractivity contribution < 1.29 is 14.7 Å². The fourth-order valence-electron chi connectivity index (χ4n) is 1.74. The van der Waals surface area contributed by atoms with Gasteiger partial charge in [-0.15, -0.1) is 0 Å². The van der Waals surface area contributed by atoms with E-state index in [0.29, 0.717) is 11.4 Å². The van der Waals surface area contributed by atoms with Gasteiger partial charge in [0.2, 0.25) is 0 Å². The van der Waals surface area contributed by atoms with Crippen LogP contribution in [0.15, 0.2) is 42.5 Å². The molecular formula is C15H13ClN2O3. The van der Waals surface area contributed by atoms with Crippen molar-refractivity contribution in [2.45, 2.75) is 6.92 Å². The van der Waals surface area contributed by atoms with Crippen molar-refractivity contribution in [3.8, 4) is 0 Å². The van der Waals surface area contributed by atoms with Crippen LogP contribution in [0.3, 0.4) is 0 Å². The molecule has 0 aliphatic carbocycles. The number of carbonyl (C=O) groups is 2. The third kappa shape index (κ3) is 3.73. The van der Waals surface area contributed by atoms with E-state index >= 15 is 0 Å². The number of hydrogen-bond acceptors (Lipinski definition) is 2. The van der Waals surface area contributed by atoms with Crippen LogP contribution in [0.25, 0.3) is 0 Å². The average Bonchev–Trinajstić information content (AvgIpc) is 2.43. The first-order valence-electron chi connectivity index (χ1n) is 6.14. The largest absolute Gasteiger partial charge is 0.478 e. The van der Waals surface area contributed by atoms with Gasteiger partial charge < -0.3 is 15.7 Å². The molecule has 0 saturated carbocycles. The van der Waals surface area contributed by atoms with E-state index in [1.807, 2.05) is 25.1 Å². The number of urea groups is 1. The molecule has 2 aromatic rings. The van der Waals surface area contributed by atoms with Crippen molar-refractivity contribution >= 4 is 35.0 Å². The van der Waals surface area contributed by atoms with Gasteiger partial charge in [0.05, 0.1) is 16.3 Å². The average molecular weight is 305 g/mol. The summed E-state index contributed by atoms with van der Waals surface area (Å²) in [5, 5.41) is 14.3. The lowest BCUT2D eigenvalue weighted by molar-refractivity contribution is 0.0697. The minimum atomic E-state index is -1.08. The molecule has 2 aromatic carbocycles. The normalized spacial score (nSPS) is 10.0. The summed E-state index contributed by atoms with van der Waals surface area (Å²) in [6.07, 6.45) is 0. The number of halogens is 1. The van der Waals surface area contributed by atoms with Gasteiger partial charge in [0.15, 0.2) is 0 Å². The van der Waals surface area contributed by atoms with Crippen LogP contribution >= 0.6 is 11.6 Å². The summed E-state index contributed by atoms with van der Waals surface area (Å²) in [4.78, 5) is 22.7. The van der Waals surface area contributed by atoms with Crippen LogP contribution < -0.4 is 10.6 Å². The molecule has 6 heteroatoms. The number of anilines is 2. The van der Waals surface area contributed by atoms with Crippen LogP contribution in [0.2, 0.25) is 5.02 Å². The van der Waals surface area contributed by atoms with Gasteiger partial charge in [-0.1, -0.05) is 29.8 Å². The quantitative estimate of drug-likeness (QED) is 0.802. The predicted molar refractivity (Wildman–Crippen MR) is 82.2 cm³/mol. The number of benzene rings is 2. The molecule has 0 aliphatic heterocycles. The highest BCUT2D eigenvalue weighted by molar-refractivity contribution is 6.34. The summed E-state index contributed by atoms with van der Waals surface area (Å²) < 4.78 is 0. The first-order valence-corrected chi connectivity index (χ1v) is 6.51. The summed E-state index contributed by atoms with van der Waals surface area (Å²) in [7, 11) is 0. The minimum Gasteiger partial charge on any atom is -0.478 e. The standard InChI is InChI=1S/C15H13ClN2O3/c1-9-4-2-3-5-12(9)17-15(21)18-13-7-6-10(14(19)20)8-11(13)16/h2-8H,1H3,(H,19,20)(H2,17,18,21). The zero-order valence-electron chi connectivity index (χ0n) is 11.2. The number of aromatic carboxylic acids is 1. The molecule has 5 nitrogen and oxygen atoms in total. The molecule has 21 heavy (non-hydrogen) atoms. The van der Waals surface area contributed by atoms with Crippen molar-refractivity contribution in [1.29, 1.82) is 0 Å². The zero-order chi connectivity index (χ0) is 15.4. The second-order valence-electron chi connectivity index (χ2n) is 4.39. The Morgan fingerprint density at radius 1 is 1.05 bits per heavy atom. The third-order valence-corrected chi connectivity index (χ3v) is 3.17. The summed E-state index contributed by atoms with van der Waals surface area (Å²) in [6, 6.07) is 11.0. The highest BCUT2D eigenvalue weighted by Gasteiger charge is 2.10. The van der Waals surface area contributed by atoms with Gasteiger partial charge in [0.25, 0.3) is 0 Å². The molecule has 0 spiro atoms. The van der Waals surface area contributed by atoms with Crippen LogP contribution in [0.4, 0.5) is 16.2 Å². The van der Waals surface area contributed by atoms with Gasteiger partial charge in [0.1, 0.15) is 0 Å². The maximum absolute atomic E-state index is 11.9. The van der Waals surface area contributed by atoms with Crippen molar-refractivity contribution in [3.05, 3.63) is 58.6 Å². The monoisotopic (exact) mass is 304 g/mol. The highest BCUT2D eigenvalue weighted by atomic mass is 35.5. The van der Waals surface area contributed by atoms with E-state index in [4.69, 9.17) is 16.7 Å². The van der Waals surface area contributed by atoms with E-state index in [2.05, 4.69) is 10.6 Å². The number of rotatable bonds is 3. The number of carbonyl (C=O) groups excluding carboxylic acids is 1. The number of para-hydroxylation sites is 1. The Balaban J connectivity index is 2.10. The molecule has 108 valence electrons. The summed E-state index contributed by atoms with van der Waals surface area (Å²) in [5.74, 6) is -1.08. The molecule has 0 heterocycles. The Morgan fingerprint density at radius 2 is 1.71 bits per heavy atom. The Bertz CT molecular complexity index is 701. The number of aryl methyl sites for hydroxylation is 1. The zero-order valence-corrected chi connectivity index (χ0v) is 11.9. The minimum absolute atomic E-state index is 0.0601. The summed E-state index contributed by atoms with van der Waals surface area (Å²) >= 11 is 5.95. The molecule has 0 unspecified atom stereocenters. The van der Waals surface area contributed by atoms with Crippen LogP contribution in [-0.4, -0.2) is 17.1 Å². The number of carboxylic acids is 1. The molecular weight excluding hydrogens is 292 g/mol. The van der Waals surface area contributed by atoms with Crippen molar-refractivity contribution in [2.24, 2.45) is 0 Å². The number of carboxylic acid groups (broad SMARTS) is 1. The van der Waals surface area contributed by atoms with Gasteiger partial charge in [-0.25, -0.2) is 9.59 Å². The summed E-state index contributed by atoms with van der Waals surface area (Å²) in [6.45, 7) is 1.88. The molecule has 3 N–H and O–H groups in total. The number of nitrogens with one attached hydrogen (secondary N) is 2. The topological polar surface area (TPSA) is 78.4 Å². The number of amides is 2. The molecule has 0 aromatic heterocycles. The van der Waals surface area contributed by atoms with Crippen LogP contribution in [0.5, 0.6) is 0 Å². The highest BCUT2D eigenvalue weighted by Crippen LogP contribution is 2.23. The van der Waals surface area contributed by atoms with Gasteiger partial charge in [-0.2, -0.15) is 0 Å². The van der Waals surface area contributed by atoms with Crippen molar-refractivity contribution in [3.63, 3.8) is 0 Å². The van der Waals surface area contributed by atoms with Gasteiger partial charge in [0, 0.05) is 5.69 Å². The Kier molecular flexibility index (Phi) is 4.45. The molecule has 2 rings (SSSR count). The lowest BCUT2D eigenvalue weighted by atomic mass is 10.2. The van der Waals surface area contributed by atoms with Gasteiger partial charge in [-0.05, 0) is 36.8 Å². The van der Waals surface area contributed by atoms with Crippen LogP contribution in [0.1, 0.15) is 15.9 Å². The van der Waals surface area contributed by atoms with E-state index in [0.717, 1.165) is 5.56 Å². The van der Waals surface area contributed by atoms with E-state index in [1.54, 1.807) is 6.07 Å². The molecule has 2 amide bonds. The van der Waals surface area contributed by atoms with E-state index in [-0.39, 0.29) is 10.6 Å². The first-order chi connectivity index (χ1) is 9.97. The smallest absolute Gasteiger partial charge is 0.335 e. The van der Waals surface area contributed by atoms with Crippen molar-refractivity contribution in [1.82, 2.24) is 0 Å². The lowest BCUT2D eigenvalue weighted by Crippen LogP contribution is -2.20. The molecule has 0 saturated heterocycles. The second-order valence-corrected chi connectivity index (χ2v) is 4.80.